The summed E-state index contributed by atoms with van der Waals surface area (Å²) in [7, 11) is 0. The highest BCUT2D eigenvalue weighted by molar-refractivity contribution is 7.13. The lowest BCUT2D eigenvalue weighted by Gasteiger charge is -2.13. The van der Waals surface area contributed by atoms with Gasteiger partial charge in [-0.05, 0) is 36.4 Å². The lowest BCUT2D eigenvalue weighted by atomic mass is 10.1. The van der Waals surface area contributed by atoms with Crippen LogP contribution in [-0.2, 0) is 4.74 Å². The average molecular weight is 338 g/mol. The molecule has 24 heavy (non-hydrogen) atoms. The fourth-order valence-corrected chi connectivity index (χ4v) is 3.71. The Labute approximate surface area is 144 Å². The molecule has 0 unspecified atom stereocenters. The van der Waals surface area contributed by atoms with Gasteiger partial charge in [0.05, 0.1) is 27.8 Å². The van der Waals surface area contributed by atoms with Crippen LogP contribution in [0.3, 0.4) is 0 Å². The molecule has 4 nitrogen and oxygen atoms in total. The molecular weight excluding hydrogens is 320 g/mol. The zero-order chi connectivity index (χ0) is 16.4. The number of hydrogen-bond donors (Lipinski definition) is 1. The maximum Gasteiger partial charge on any atom is 0.252 e. The van der Waals surface area contributed by atoms with Crippen molar-refractivity contribution in [2.24, 2.45) is 0 Å². The van der Waals surface area contributed by atoms with Gasteiger partial charge < -0.3 is 10.1 Å². The van der Waals surface area contributed by atoms with E-state index in [9.17, 15) is 4.79 Å². The van der Waals surface area contributed by atoms with Crippen molar-refractivity contribution in [3.05, 3.63) is 53.4 Å². The van der Waals surface area contributed by atoms with Gasteiger partial charge in [0, 0.05) is 18.5 Å². The highest BCUT2D eigenvalue weighted by atomic mass is 32.1. The number of amides is 1. The Kier molecular flexibility index (Phi) is 4.28. The Morgan fingerprint density at radius 2 is 2.21 bits per heavy atom. The molecule has 122 valence electrons. The van der Waals surface area contributed by atoms with Gasteiger partial charge in [0.25, 0.3) is 5.91 Å². The summed E-state index contributed by atoms with van der Waals surface area (Å²) >= 11 is 1.62. The van der Waals surface area contributed by atoms with Gasteiger partial charge in [-0.15, -0.1) is 11.3 Å². The minimum absolute atomic E-state index is 0.0677. The summed E-state index contributed by atoms with van der Waals surface area (Å²) in [4.78, 5) is 18.5. The topological polar surface area (TPSA) is 51.2 Å². The van der Waals surface area contributed by atoms with Crippen molar-refractivity contribution >= 4 is 28.1 Å². The van der Waals surface area contributed by atoms with Gasteiger partial charge in [0.2, 0.25) is 0 Å². The van der Waals surface area contributed by atoms with E-state index in [1.54, 1.807) is 11.3 Å². The fourth-order valence-electron chi connectivity index (χ4n) is 3.02. The van der Waals surface area contributed by atoms with E-state index in [2.05, 4.69) is 5.32 Å². The number of benzene rings is 1. The molecule has 1 amide bonds. The number of pyridine rings is 1. The molecule has 0 saturated carbocycles. The molecule has 4 rings (SSSR count). The molecule has 0 radical (unpaired) electrons. The third-order valence-corrected chi connectivity index (χ3v) is 5.14. The summed E-state index contributed by atoms with van der Waals surface area (Å²) < 4.78 is 5.58. The third-order valence-electron chi connectivity index (χ3n) is 4.25. The van der Waals surface area contributed by atoms with Crippen molar-refractivity contribution in [2.45, 2.75) is 18.9 Å². The van der Waals surface area contributed by atoms with Crippen LogP contribution in [-0.4, -0.2) is 30.1 Å². The Bertz CT molecular complexity index is 855. The molecule has 1 fully saturated rings. The normalized spacial score (nSPS) is 17.2. The molecular formula is C19H18N2O2S. The largest absolute Gasteiger partial charge is 0.376 e. The second kappa shape index (κ2) is 6.71. The number of nitrogens with one attached hydrogen (secondary N) is 1. The Morgan fingerprint density at radius 3 is 3.00 bits per heavy atom. The minimum Gasteiger partial charge on any atom is -0.376 e. The summed E-state index contributed by atoms with van der Waals surface area (Å²) in [5.74, 6) is -0.0677. The van der Waals surface area contributed by atoms with E-state index in [4.69, 9.17) is 9.72 Å². The summed E-state index contributed by atoms with van der Waals surface area (Å²) in [6.45, 7) is 1.35. The number of thiophene rings is 1. The monoisotopic (exact) mass is 338 g/mol. The van der Waals surface area contributed by atoms with E-state index in [1.165, 1.54) is 0 Å². The maximum atomic E-state index is 12.7. The zero-order valence-electron chi connectivity index (χ0n) is 13.2. The van der Waals surface area contributed by atoms with Gasteiger partial charge >= 0.3 is 0 Å². The second-order valence-electron chi connectivity index (χ2n) is 5.89. The summed E-state index contributed by atoms with van der Waals surface area (Å²) in [5, 5.41) is 5.91. The number of nitrogens with zero attached hydrogens (tertiary/aromatic N) is 1. The van der Waals surface area contributed by atoms with Crippen LogP contribution >= 0.6 is 11.3 Å². The minimum atomic E-state index is -0.0677. The first-order valence-electron chi connectivity index (χ1n) is 8.15. The number of para-hydroxylation sites is 1. The van der Waals surface area contributed by atoms with Crippen molar-refractivity contribution in [3.63, 3.8) is 0 Å². The molecule has 1 aliphatic heterocycles. The van der Waals surface area contributed by atoms with Gasteiger partial charge in [-0.25, -0.2) is 4.98 Å². The highest BCUT2D eigenvalue weighted by Crippen LogP contribution is 2.27. The van der Waals surface area contributed by atoms with Gasteiger partial charge in [0.15, 0.2) is 0 Å². The summed E-state index contributed by atoms with van der Waals surface area (Å²) in [6, 6.07) is 13.7. The van der Waals surface area contributed by atoms with Crippen LogP contribution < -0.4 is 5.32 Å². The van der Waals surface area contributed by atoms with E-state index < -0.39 is 0 Å². The smallest absolute Gasteiger partial charge is 0.252 e. The number of aromatic nitrogens is 1. The lowest BCUT2D eigenvalue weighted by molar-refractivity contribution is 0.0859. The van der Waals surface area contributed by atoms with E-state index in [-0.39, 0.29) is 12.0 Å². The average Bonchev–Trinajstić information content (AvgIpc) is 3.32. The molecule has 2 aromatic heterocycles. The van der Waals surface area contributed by atoms with E-state index >= 15 is 0 Å². The molecule has 0 spiro atoms. The quantitative estimate of drug-likeness (QED) is 0.785. The maximum absolute atomic E-state index is 12.7. The summed E-state index contributed by atoms with van der Waals surface area (Å²) in [5.41, 5.74) is 2.35. The fraction of sp³-hybridized carbons (Fsp3) is 0.263. The Balaban J connectivity index is 1.68. The van der Waals surface area contributed by atoms with Crippen molar-refractivity contribution in [1.29, 1.82) is 0 Å². The molecule has 3 heterocycles. The standard InChI is InChI=1S/C19H18N2O2S/c22-19(20-12-13-5-3-9-23-13)15-11-17(18-8-4-10-24-18)21-16-7-2-1-6-14(15)16/h1-2,4,6-8,10-11,13H,3,5,9,12H2,(H,20,22)/t13-/m0/s1. The number of carbonyl (C=O) groups excluding carboxylic acids is 1. The van der Waals surface area contributed by atoms with Crippen LogP contribution in [0.2, 0.25) is 0 Å². The zero-order valence-corrected chi connectivity index (χ0v) is 14.0. The number of fused-ring (bicyclic) bond motifs is 1. The van der Waals surface area contributed by atoms with Gasteiger partial charge in [-0.2, -0.15) is 0 Å². The molecule has 1 saturated heterocycles. The molecule has 1 aromatic carbocycles. The number of rotatable bonds is 4. The van der Waals surface area contributed by atoms with Gasteiger partial charge in [-0.3, -0.25) is 4.79 Å². The van der Waals surface area contributed by atoms with E-state index in [0.29, 0.717) is 12.1 Å². The summed E-state index contributed by atoms with van der Waals surface area (Å²) in [6.07, 6.45) is 2.22. The van der Waals surface area contributed by atoms with Crippen LogP contribution in [0, 0.1) is 0 Å². The van der Waals surface area contributed by atoms with E-state index in [1.807, 2.05) is 47.8 Å². The molecule has 1 N–H and O–H groups in total. The SMILES string of the molecule is O=C(NC[C@@H]1CCCO1)c1cc(-c2cccs2)nc2ccccc12. The first-order valence-corrected chi connectivity index (χ1v) is 9.03. The van der Waals surface area contributed by atoms with Gasteiger partial charge in [-0.1, -0.05) is 24.3 Å². The van der Waals surface area contributed by atoms with Crippen LogP contribution in [0.15, 0.2) is 47.8 Å². The third kappa shape index (κ3) is 3.05. The number of hydrogen-bond acceptors (Lipinski definition) is 4. The predicted octanol–water partition coefficient (Wildman–Crippen LogP) is 3.87. The first kappa shape index (κ1) is 15.3. The van der Waals surface area contributed by atoms with Crippen LogP contribution in [0.4, 0.5) is 0 Å². The van der Waals surface area contributed by atoms with Crippen molar-refractivity contribution in [3.8, 4) is 10.6 Å². The molecule has 0 bridgehead atoms. The van der Waals surface area contributed by atoms with Gasteiger partial charge in [0.1, 0.15) is 0 Å². The Hall–Kier alpha value is -2.24. The molecule has 1 atom stereocenters. The molecule has 5 heteroatoms. The van der Waals surface area contributed by atoms with Crippen molar-refractivity contribution in [2.75, 3.05) is 13.2 Å². The molecule has 3 aromatic rings. The lowest BCUT2D eigenvalue weighted by Crippen LogP contribution is -2.31. The van der Waals surface area contributed by atoms with E-state index in [0.717, 1.165) is 40.9 Å². The number of carbonyl (C=O) groups is 1. The van der Waals surface area contributed by atoms with Crippen LogP contribution in [0.1, 0.15) is 23.2 Å². The molecule has 0 aliphatic carbocycles. The molecule has 1 aliphatic rings. The van der Waals surface area contributed by atoms with Crippen molar-refractivity contribution in [1.82, 2.24) is 10.3 Å². The van der Waals surface area contributed by atoms with Crippen molar-refractivity contribution < 1.29 is 9.53 Å². The predicted molar refractivity (Wildman–Crippen MR) is 96.4 cm³/mol. The highest BCUT2D eigenvalue weighted by Gasteiger charge is 2.18. The Morgan fingerprint density at radius 1 is 1.29 bits per heavy atom. The van der Waals surface area contributed by atoms with Crippen LogP contribution in [0.25, 0.3) is 21.5 Å². The van der Waals surface area contributed by atoms with Crippen LogP contribution in [0.5, 0.6) is 0 Å². The first-order chi connectivity index (χ1) is 11.8. The second-order valence-corrected chi connectivity index (χ2v) is 6.84. The number of ether oxygens (including phenoxy) is 1.